The maximum absolute atomic E-state index is 12.4. The van der Waals surface area contributed by atoms with Crippen molar-refractivity contribution >= 4 is 29.7 Å². The Morgan fingerprint density at radius 3 is 2.07 bits per heavy atom. The molecule has 0 bridgehead atoms. The van der Waals surface area contributed by atoms with E-state index in [4.69, 9.17) is 0 Å². The van der Waals surface area contributed by atoms with E-state index in [0.29, 0.717) is 11.1 Å². The molecule has 2 aromatic carbocycles. The lowest BCUT2D eigenvalue weighted by Gasteiger charge is -2.21. The second-order valence-corrected chi connectivity index (χ2v) is 6.53. The molecule has 1 unspecified atom stereocenters. The van der Waals surface area contributed by atoms with Crippen molar-refractivity contribution in [3.05, 3.63) is 77.4 Å². The summed E-state index contributed by atoms with van der Waals surface area (Å²) in [7, 11) is 0. The predicted octanol–water partition coefficient (Wildman–Crippen LogP) is 1.62. The van der Waals surface area contributed by atoms with Gasteiger partial charge in [-0.3, -0.25) is 24.1 Å². The first kappa shape index (κ1) is 20.0. The molecule has 1 atom stereocenters. The SMILES string of the molecule is CC(C(=O)NCCNC(=O)/C=C/c1ccccc1)N1C(=O)c2ccccc2C1=O. The average molecular weight is 391 g/mol. The van der Waals surface area contributed by atoms with Crippen molar-refractivity contribution in [3.63, 3.8) is 0 Å². The van der Waals surface area contributed by atoms with Gasteiger partial charge >= 0.3 is 0 Å². The van der Waals surface area contributed by atoms with Crippen molar-refractivity contribution in [2.24, 2.45) is 0 Å². The zero-order valence-electron chi connectivity index (χ0n) is 15.9. The molecule has 1 heterocycles. The Balaban J connectivity index is 1.45. The fraction of sp³-hybridized carbons (Fsp3) is 0.182. The van der Waals surface area contributed by atoms with Crippen LogP contribution >= 0.6 is 0 Å². The maximum Gasteiger partial charge on any atom is 0.262 e. The number of imide groups is 1. The molecule has 7 nitrogen and oxygen atoms in total. The molecule has 1 aliphatic heterocycles. The van der Waals surface area contributed by atoms with Gasteiger partial charge in [0.15, 0.2) is 0 Å². The molecule has 7 heteroatoms. The van der Waals surface area contributed by atoms with Gasteiger partial charge in [-0.05, 0) is 30.7 Å². The van der Waals surface area contributed by atoms with E-state index in [0.717, 1.165) is 10.5 Å². The molecule has 0 aliphatic carbocycles. The topological polar surface area (TPSA) is 95.6 Å². The van der Waals surface area contributed by atoms with E-state index in [1.54, 1.807) is 30.3 Å². The standard InChI is InChI=1S/C22H21N3O4/c1-15(25-21(28)17-9-5-6-10-18(17)22(25)29)20(27)24-14-13-23-19(26)12-11-16-7-3-2-4-8-16/h2-12,15H,13-14H2,1H3,(H,23,26)(H,24,27)/b12-11+. The number of fused-ring (bicyclic) bond motifs is 1. The lowest BCUT2D eigenvalue weighted by Crippen LogP contribution is -2.49. The number of rotatable bonds is 7. The van der Waals surface area contributed by atoms with Gasteiger partial charge in [-0.2, -0.15) is 0 Å². The van der Waals surface area contributed by atoms with Crippen molar-refractivity contribution in [1.29, 1.82) is 0 Å². The van der Waals surface area contributed by atoms with Crippen molar-refractivity contribution in [1.82, 2.24) is 15.5 Å². The number of carbonyl (C=O) groups excluding carboxylic acids is 4. The first-order chi connectivity index (χ1) is 14.0. The van der Waals surface area contributed by atoms with Crippen LogP contribution in [0.5, 0.6) is 0 Å². The van der Waals surface area contributed by atoms with Gasteiger partial charge in [-0.25, -0.2) is 0 Å². The second-order valence-electron chi connectivity index (χ2n) is 6.53. The lowest BCUT2D eigenvalue weighted by atomic mass is 10.1. The van der Waals surface area contributed by atoms with Gasteiger partial charge in [-0.1, -0.05) is 42.5 Å². The predicted molar refractivity (Wildman–Crippen MR) is 108 cm³/mol. The Kier molecular flexibility index (Phi) is 6.19. The largest absolute Gasteiger partial charge is 0.353 e. The summed E-state index contributed by atoms with van der Waals surface area (Å²) in [6.07, 6.45) is 3.11. The minimum absolute atomic E-state index is 0.178. The van der Waals surface area contributed by atoms with E-state index in [9.17, 15) is 19.2 Å². The molecule has 2 aromatic rings. The number of amides is 4. The van der Waals surface area contributed by atoms with Crippen LogP contribution in [0.2, 0.25) is 0 Å². The summed E-state index contributed by atoms with van der Waals surface area (Å²) in [6, 6.07) is 14.9. The van der Waals surface area contributed by atoms with Crippen LogP contribution in [0.3, 0.4) is 0 Å². The van der Waals surface area contributed by atoms with E-state index in [-0.39, 0.29) is 19.0 Å². The summed E-state index contributed by atoms with van der Waals surface area (Å²) in [5.41, 5.74) is 1.51. The van der Waals surface area contributed by atoms with Crippen LogP contribution in [0.4, 0.5) is 0 Å². The molecule has 1 aliphatic rings. The van der Waals surface area contributed by atoms with Crippen molar-refractivity contribution in [2.75, 3.05) is 13.1 Å². The molecule has 148 valence electrons. The van der Waals surface area contributed by atoms with Gasteiger partial charge in [0.25, 0.3) is 11.8 Å². The van der Waals surface area contributed by atoms with E-state index in [2.05, 4.69) is 10.6 Å². The first-order valence-electron chi connectivity index (χ1n) is 9.24. The number of hydrogen-bond donors (Lipinski definition) is 2. The van der Waals surface area contributed by atoms with Crippen LogP contribution in [-0.2, 0) is 9.59 Å². The van der Waals surface area contributed by atoms with E-state index < -0.39 is 23.8 Å². The Labute approximate surface area is 168 Å². The second kappa shape index (κ2) is 8.97. The summed E-state index contributed by atoms with van der Waals surface area (Å²) < 4.78 is 0. The lowest BCUT2D eigenvalue weighted by molar-refractivity contribution is -0.124. The quantitative estimate of drug-likeness (QED) is 0.426. The number of nitrogens with one attached hydrogen (secondary N) is 2. The van der Waals surface area contributed by atoms with Crippen LogP contribution in [0, 0.1) is 0 Å². The van der Waals surface area contributed by atoms with E-state index in [1.165, 1.54) is 13.0 Å². The Morgan fingerprint density at radius 1 is 0.897 bits per heavy atom. The molecular formula is C22H21N3O4. The zero-order chi connectivity index (χ0) is 20.8. The molecule has 4 amide bonds. The first-order valence-corrected chi connectivity index (χ1v) is 9.24. The number of carbonyl (C=O) groups is 4. The third kappa shape index (κ3) is 4.57. The van der Waals surface area contributed by atoms with Crippen LogP contribution in [0.1, 0.15) is 33.2 Å². The number of nitrogens with zero attached hydrogens (tertiary/aromatic N) is 1. The minimum Gasteiger partial charge on any atom is -0.353 e. The molecule has 0 fully saturated rings. The highest BCUT2D eigenvalue weighted by Crippen LogP contribution is 2.24. The van der Waals surface area contributed by atoms with Crippen molar-refractivity contribution < 1.29 is 19.2 Å². The smallest absolute Gasteiger partial charge is 0.262 e. The van der Waals surface area contributed by atoms with Gasteiger partial charge in [0.05, 0.1) is 11.1 Å². The monoisotopic (exact) mass is 391 g/mol. The molecule has 0 radical (unpaired) electrons. The average Bonchev–Trinajstić information content (AvgIpc) is 3.00. The normalized spacial score (nSPS) is 14.0. The molecule has 29 heavy (non-hydrogen) atoms. The maximum atomic E-state index is 12.4. The summed E-state index contributed by atoms with van der Waals surface area (Å²) in [4.78, 5) is 50.0. The number of benzene rings is 2. The van der Waals surface area contributed by atoms with Crippen LogP contribution in [0.15, 0.2) is 60.7 Å². The summed E-state index contributed by atoms with van der Waals surface area (Å²) in [5.74, 6) is -1.70. The highest BCUT2D eigenvalue weighted by molar-refractivity contribution is 6.22. The van der Waals surface area contributed by atoms with Crippen LogP contribution in [0.25, 0.3) is 6.08 Å². The van der Waals surface area contributed by atoms with Gasteiger partial charge in [0, 0.05) is 19.2 Å². The number of hydrogen-bond acceptors (Lipinski definition) is 4. The highest BCUT2D eigenvalue weighted by atomic mass is 16.2. The zero-order valence-corrected chi connectivity index (χ0v) is 15.9. The fourth-order valence-electron chi connectivity index (χ4n) is 2.99. The van der Waals surface area contributed by atoms with Crippen LogP contribution in [-0.4, -0.2) is 47.7 Å². The molecule has 2 N–H and O–H groups in total. The molecule has 0 spiro atoms. The third-order valence-corrected chi connectivity index (χ3v) is 4.54. The molecule has 0 saturated heterocycles. The fourth-order valence-corrected chi connectivity index (χ4v) is 2.99. The van der Waals surface area contributed by atoms with Gasteiger partial charge in [0.2, 0.25) is 11.8 Å². The summed E-state index contributed by atoms with van der Waals surface area (Å²) in [5, 5.41) is 5.29. The molecule has 0 saturated carbocycles. The summed E-state index contributed by atoms with van der Waals surface area (Å²) in [6.45, 7) is 1.90. The van der Waals surface area contributed by atoms with Crippen molar-refractivity contribution in [3.8, 4) is 0 Å². The van der Waals surface area contributed by atoms with Gasteiger partial charge in [-0.15, -0.1) is 0 Å². The Hall–Kier alpha value is -3.74. The third-order valence-electron chi connectivity index (χ3n) is 4.54. The minimum atomic E-state index is -0.948. The molecular weight excluding hydrogens is 370 g/mol. The van der Waals surface area contributed by atoms with Gasteiger partial charge in [0.1, 0.15) is 6.04 Å². The van der Waals surface area contributed by atoms with E-state index >= 15 is 0 Å². The summed E-state index contributed by atoms with van der Waals surface area (Å²) >= 11 is 0. The Morgan fingerprint density at radius 2 is 1.45 bits per heavy atom. The highest BCUT2D eigenvalue weighted by Gasteiger charge is 2.40. The van der Waals surface area contributed by atoms with Gasteiger partial charge < -0.3 is 10.6 Å². The molecule has 3 rings (SSSR count). The van der Waals surface area contributed by atoms with Crippen molar-refractivity contribution in [2.45, 2.75) is 13.0 Å². The molecule has 0 aromatic heterocycles. The Bertz CT molecular complexity index is 934. The van der Waals surface area contributed by atoms with E-state index in [1.807, 2.05) is 30.3 Å². The van der Waals surface area contributed by atoms with Crippen LogP contribution < -0.4 is 10.6 Å².